The summed E-state index contributed by atoms with van der Waals surface area (Å²) >= 11 is 0. The highest BCUT2D eigenvalue weighted by Gasteiger charge is 2.31. The molecule has 0 aliphatic carbocycles. The van der Waals surface area contributed by atoms with Gasteiger partial charge >= 0.3 is 5.97 Å². The number of fused-ring (bicyclic) bond motifs is 1. The van der Waals surface area contributed by atoms with Crippen molar-refractivity contribution >= 4 is 11.9 Å². The van der Waals surface area contributed by atoms with Crippen LogP contribution in [0.15, 0.2) is 16.5 Å². The monoisotopic (exact) mass is 441 g/mol. The Kier molecular flexibility index (Phi) is 6.72. The third kappa shape index (κ3) is 4.69. The van der Waals surface area contributed by atoms with Crippen LogP contribution in [0.25, 0.3) is 0 Å². The zero-order chi connectivity index (χ0) is 23.8. The number of rotatable bonds is 6. The molecule has 174 valence electrons. The molecule has 1 amide bonds. The molecule has 1 aromatic carbocycles. The predicted octanol–water partition coefficient (Wildman–Crippen LogP) is 4.83. The average Bonchev–Trinajstić information content (AvgIpc) is 3.20. The minimum Gasteiger partial charge on any atom is -0.487 e. The van der Waals surface area contributed by atoms with Crippen LogP contribution < -0.4 is 10.1 Å². The van der Waals surface area contributed by atoms with Gasteiger partial charge in [-0.2, -0.15) is 0 Å². The lowest BCUT2D eigenvalue weighted by molar-refractivity contribution is -0.144. The quantitative estimate of drug-likeness (QED) is 0.650. The molecule has 0 saturated carbocycles. The first-order chi connectivity index (χ1) is 14.9. The molecule has 1 atom stereocenters. The number of hydrogen-bond acceptors (Lipinski definition) is 5. The number of esters is 1. The second-order valence-electron chi connectivity index (χ2n) is 9.68. The number of nitrogens with one attached hydrogen (secondary N) is 1. The van der Waals surface area contributed by atoms with E-state index in [1.807, 2.05) is 19.9 Å². The van der Waals surface area contributed by atoms with E-state index in [1.165, 1.54) is 29.4 Å². The van der Waals surface area contributed by atoms with Crippen molar-refractivity contribution < 1.29 is 23.5 Å². The smallest absolute Gasteiger partial charge is 0.328 e. The van der Waals surface area contributed by atoms with Crippen LogP contribution in [0.5, 0.6) is 5.75 Å². The van der Waals surface area contributed by atoms with Gasteiger partial charge in [0.15, 0.2) is 5.76 Å². The van der Waals surface area contributed by atoms with Gasteiger partial charge in [0, 0.05) is 6.42 Å². The maximum atomic E-state index is 12.7. The molecule has 32 heavy (non-hydrogen) atoms. The normalized spacial score (nSPS) is 15.7. The standard InChI is InChI=1S/C26H35NO5/c1-14(2)22(25(29)30-8)27-24(28)21-10-9-18(31-21)13-20-15(3)16(4)23-19(17(20)5)11-12-26(6,7)32-23/h9-10,14,22H,11-13H2,1-8H3,(H,27,28). The minimum atomic E-state index is -0.724. The van der Waals surface area contributed by atoms with Crippen molar-refractivity contribution in [2.75, 3.05) is 7.11 Å². The Balaban J connectivity index is 1.84. The first-order valence-electron chi connectivity index (χ1n) is 11.2. The van der Waals surface area contributed by atoms with Gasteiger partial charge in [-0.15, -0.1) is 0 Å². The third-order valence-corrected chi connectivity index (χ3v) is 6.54. The Morgan fingerprint density at radius 1 is 1.12 bits per heavy atom. The molecule has 0 bridgehead atoms. The van der Waals surface area contributed by atoms with Crippen molar-refractivity contribution in [3.8, 4) is 5.75 Å². The summed E-state index contributed by atoms with van der Waals surface area (Å²) in [6.45, 7) is 14.3. The lowest BCUT2D eigenvalue weighted by Gasteiger charge is -2.35. The highest BCUT2D eigenvalue weighted by Crippen LogP contribution is 2.41. The summed E-state index contributed by atoms with van der Waals surface area (Å²) in [5.41, 5.74) is 5.90. The van der Waals surface area contributed by atoms with Gasteiger partial charge in [-0.3, -0.25) is 4.79 Å². The van der Waals surface area contributed by atoms with Gasteiger partial charge < -0.3 is 19.2 Å². The van der Waals surface area contributed by atoms with Gasteiger partial charge in [0.05, 0.1) is 7.11 Å². The summed E-state index contributed by atoms with van der Waals surface area (Å²) in [7, 11) is 1.31. The van der Waals surface area contributed by atoms with E-state index < -0.39 is 17.9 Å². The van der Waals surface area contributed by atoms with Gasteiger partial charge in [-0.1, -0.05) is 13.8 Å². The first-order valence-corrected chi connectivity index (χ1v) is 11.2. The zero-order valence-corrected chi connectivity index (χ0v) is 20.5. The van der Waals surface area contributed by atoms with Crippen LogP contribution in [-0.2, 0) is 22.4 Å². The summed E-state index contributed by atoms with van der Waals surface area (Å²) in [5.74, 6) is 0.910. The van der Waals surface area contributed by atoms with E-state index in [0.717, 1.165) is 24.2 Å². The molecule has 6 heteroatoms. The Morgan fingerprint density at radius 3 is 2.44 bits per heavy atom. The molecule has 1 aromatic heterocycles. The summed E-state index contributed by atoms with van der Waals surface area (Å²) in [6.07, 6.45) is 2.55. The number of hydrogen-bond donors (Lipinski definition) is 1. The number of amides is 1. The Hall–Kier alpha value is -2.76. The van der Waals surface area contributed by atoms with Gasteiger partial charge in [-0.25, -0.2) is 4.79 Å². The largest absolute Gasteiger partial charge is 0.487 e. The van der Waals surface area contributed by atoms with E-state index in [-0.39, 0.29) is 17.3 Å². The maximum Gasteiger partial charge on any atom is 0.328 e. The molecule has 6 nitrogen and oxygen atoms in total. The van der Waals surface area contributed by atoms with E-state index in [2.05, 4.69) is 39.9 Å². The fraction of sp³-hybridized carbons (Fsp3) is 0.538. The molecule has 3 rings (SSSR count). The minimum absolute atomic E-state index is 0.100. The van der Waals surface area contributed by atoms with E-state index in [4.69, 9.17) is 13.9 Å². The highest BCUT2D eigenvalue weighted by molar-refractivity contribution is 5.94. The molecule has 1 aliphatic rings. The molecule has 1 aliphatic heterocycles. The number of carbonyl (C=O) groups is 2. The van der Waals surface area contributed by atoms with E-state index >= 15 is 0 Å². The number of carbonyl (C=O) groups excluding carboxylic acids is 2. The van der Waals surface area contributed by atoms with Crippen molar-refractivity contribution in [1.29, 1.82) is 0 Å². The molecular formula is C26H35NO5. The van der Waals surface area contributed by atoms with Gasteiger partial charge in [-0.05, 0) is 93.3 Å². The van der Waals surface area contributed by atoms with Crippen LogP contribution in [0.1, 0.15) is 78.2 Å². The van der Waals surface area contributed by atoms with E-state index in [0.29, 0.717) is 12.2 Å². The highest BCUT2D eigenvalue weighted by atomic mass is 16.5. The van der Waals surface area contributed by atoms with Crippen LogP contribution in [0.4, 0.5) is 0 Å². The number of ether oxygens (including phenoxy) is 2. The van der Waals surface area contributed by atoms with Gasteiger partial charge in [0.1, 0.15) is 23.2 Å². The van der Waals surface area contributed by atoms with Crippen molar-refractivity contribution in [2.45, 2.75) is 79.4 Å². The topological polar surface area (TPSA) is 77.8 Å². The van der Waals surface area contributed by atoms with Crippen LogP contribution in [0, 0.1) is 26.7 Å². The second kappa shape index (κ2) is 9.00. The lowest BCUT2D eigenvalue weighted by atomic mass is 9.84. The fourth-order valence-corrected chi connectivity index (χ4v) is 4.32. The van der Waals surface area contributed by atoms with Crippen molar-refractivity contribution in [2.24, 2.45) is 5.92 Å². The van der Waals surface area contributed by atoms with Crippen molar-refractivity contribution in [3.63, 3.8) is 0 Å². The zero-order valence-electron chi connectivity index (χ0n) is 20.5. The average molecular weight is 442 g/mol. The van der Waals surface area contributed by atoms with Gasteiger partial charge in [0.25, 0.3) is 5.91 Å². The SMILES string of the molecule is COC(=O)C(NC(=O)c1ccc(Cc2c(C)c(C)c3c(c2C)CCC(C)(C)O3)o1)C(C)C. The summed E-state index contributed by atoms with van der Waals surface area (Å²) < 4.78 is 17.0. The molecule has 2 heterocycles. The molecule has 1 N–H and O–H groups in total. The summed E-state index contributed by atoms with van der Waals surface area (Å²) in [6, 6.07) is 2.75. The molecule has 0 saturated heterocycles. The number of benzene rings is 1. The molecule has 0 radical (unpaired) electrons. The van der Waals surface area contributed by atoms with Crippen molar-refractivity contribution in [3.05, 3.63) is 51.5 Å². The number of furan rings is 1. The molecule has 2 aromatic rings. The van der Waals surface area contributed by atoms with E-state index in [1.54, 1.807) is 6.07 Å². The molecule has 1 unspecified atom stereocenters. The Bertz CT molecular complexity index is 1030. The van der Waals surface area contributed by atoms with Crippen LogP contribution in [-0.4, -0.2) is 30.6 Å². The number of methoxy groups -OCH3 is 1. The molecule has 0 fully saturated rings. The summed E-state index contributed by atoms with van der Waals surface area (Å²) in [4.78, 5) is 24.6. The van der Waals surface area contributed by atoms with Crippen LogP contribution in [0.2, 0.25) is 0 Å². The van der Waals surface area contributed by atoms with Gasteiger partial charge in [0.2, 0.25) is 0 Å². The van der Waals surface area contributed by atoms with Crippen LogP contribution in [0.3, 0.4) is 0 Å². The van der Waals surface area contributed by atoms with Crippen LogP contribution >= 0.6 is 0 Å². The third-order valence-electron chi connectivity index (χ3n) is 6.54. The van der Waals surface area contributed by atoms with Crippen molar-refractivity contribution in [1.82, 2.24) is 5.32 Å². The summed E-state index contributed by atoms with van der Waals surface area (Å²) in [5, 5.41) is 2.72. The fourth-order valence-electron chi connectivity index (χ4n) is 4.32. The van der Waals surface area contributed by atoms with E-state index in [9.17, 15) is 9.59 Å². The Labute approximate surface area is 190 Å². The molecule has 0 spiro atoms. The second-order valence-corrected chi connectivity index (χ2v) is 9.68. The first kappa shape index (κ1) is 23.9. The Morgan fingerprint density at radius 2 is 1.81 bits per heavy atom. The lowest BCUT2D eigenvalue weighted by Crippen LogP contribution is -2.44. The molecular weight excluding hydrogens is 406 g/mol. The predicted molar refractivity (Wildman–Crippen MR) is 123 cm³/mol. The maximum absolute atomic E-state index is 12.7.